The first-order chi connectivity index (χ1) is 12.4. The molecule has 2 amide bonds. The van der Waals surface area contributed by atoms with Crippen molar-refractivity contribution in [2.24, 2.45) is 11.8 Å². The lowest BCUT2D eigenvalue weighted by atomic mass is 10.0. The van der Waals surface area contributed by atoms with Gasteiger partial charge in [-0.15, -0.1) is 0 Å². The lowest BCUT2D eigenvalue weighted by molar-refractivity contribution is 0.00857. The van der Waals surface area contributed by atoms with Crippen LogP contribution in [-0.4, -0.2) is 41.3 Å². The minimum Gasteiger partial charge on any atom is -0.377 e. The number of morpholine rings is 1. The molecule has 1 aliphatic rings. The second-order valence-electron chi connectivity index (χ2n) is 8.12. The number of fused-ring (bicyclic) bond motifs is 1. The van der Waals surface area contributed by atoms with Gasteiger partial charge in [0.15, 0.2) is 0 Å². The van der Waals surface area contributed by atoms with Gasteiger partial charge in [0.05, 0.1) is 19.3 Å². The Hall–Kier alpha value is -2.01. The van der Waals surface area contributed by atoms with E-state index in [9.17, 15) is 4.79 Å². The van der Waals surface area contributed by atoms with Crippen LogP contribution < -0.4 is 5.32 Å². The molecule has 1 saturated heterocycles. The highest BCUT2D eigenvalue weighted by Crippen LogP contribution is 2.23. The number of carbonyl (C=O) groups is 1. The number of rotatable bonds is 5. The molecule has 1 fully saturated rings. The number of anilines is 1. The van der Waals surface area contributed by atoms with E-state index in [1.807, 2.05) is 11.0 Å². The van der Waals surface area contributed by atoms with Crippen molar-refractivity contribution in [2.75, 3.05) is 25.1 Å². The van der Waals surface area contributed by atoms with Crippen molar-refractivity contribution in [1.82, 2.24) is 9.47 Å². The number of urea groups is 1. The SMILES string of the molecule is CC(C)CC1COCCN1C(=O)Nc1ccc2c(ccn2CC(C)C)c1. The maximum atomic E-state index is 12.8. The Morgan fingerprint density at radius 3 is 2.77 bits per heavy atom. The summed E-state index contributed by atoms with van der Waals surface area (Å²) in [5, 5.41) is 4.24. The normalized spacial score (nSPS) is 18.1. The van der Waals surface area contributed by atoms with Gasteiger partial charge in [0, 0.05) is 35.9 Å². The van der Waals surface area contributed by atoms with Crippen LogP contribution in [0.5, 0.6) is 0 Å². The molecule has 26 heavy (non-hydrogen) atoms. The average molecular weight is 357 g/mol. The largest absolute Gasteiger partial charge is 0.377 e. The van der Waals surface area contributed by atoms with Gasteiger partial charge in [0.25, 0.3) is 0 Å². The lowest BCUT2D eigenvalue weighted by Crippen LogP contribution is -2.50. The summed E-state index contributed by atoms with van der Waals surface area (Å²) in [4.78, 5) is 14.7. The number of hydrogen-bond donors (Lipinski definition) is 1. The molecule has 1 aliphatic heterocycles. The van der Waals surface area contributed by atoms with E-state index in [1.54, 1.807) is 0 Å². The summed E-state index contributed by atoms with van der Waals surface area (Å²) in [6, 6.07) is 8.39. The number of hydrogen-bond acceptors (Lipinski definition) is 2. The van der Waals surface area contributed by atoms with E-state index >= 15 is 0 Å². The molecule has 142 valence electrons. The van der Waals surface area contributed by atoms with E-state index in [2.05, 4.69) is 62.0 Å². The van der Waals surface area contributed by atoms with Crippen LogP contribution in [-0.2, 0) is 11.3 Å². The lowest BCUT2D eigenvalue weighted by Gasteiger charge is -2.36. The van der Waals surface area contributed by atoms with E-state index in [0.29, 0.717) is 31.6 Å². The minimum atomic E-state index is -0.0279. The van der Waals surface area contributed by atoms with Crippen LogP contribution in [0.2, 0.25) is 0 Å². The second kappa shape index (κ2) is 8.12. The minimum absolute atomic E-state index is 0.0279. The maximum Gasteiger partial charge on any atom is 0.322 e. The summed E-state index contributed by atoms with van der Waals surface area (Å²) >= 11 is 0. The Bertz CT molecular complexity index is 751. The van der Waals surface area contributed by atoms with Crippen molar-refractivity contribution in [2.45, 2.75) is 46.7 Å². The van der Waals surface area contributed by atoms with Gasteiger partial charge >= 0.3 is 6.03 Å². The van der Waals surface area contributed by atoms with Crippen LogP contribution in [0.4, 0.5) is 10.5 Å². The number of carbonyl (C=O) groups excluding carboxylic acids is 1. The molecule has 0 bridgehead atoms. The molecular weight excluding hydrogens is 326 g/mol. The molecule has 0 aliphatic carbocycles. The van der Waals surface area contributed by atoms with Crippen molar-refractivity contribution < 1.29 is 9.53 Å². The molecule has 0 saturated carbocycles. The van der Waals surface area contributed by atoms with E-state index in [0.717, 1.165) is 24.0 Å². The molecule has 0 spiro atoms. The fourth-order valence-corrected chi connectivity index (χ4v) is 3.69. The summed E-state index contributed by atoms with van der Waals surface area (Å²) in [5.74, 6) is 1.14. The number of amides is 2. The molecule has 5 nitrogen and oxygen atoms in total. The van der Waals surface area contributed by atoms with Gasteiger partial charge in [-0.25, -0.2) is 4.79 Å². The molecule has 2 heterocycles. The van der Waals surface area contributed by atoms with Gasteiger partial charge < -0.3 is 19.5 Å². The van der Waals surface area contributed by atoms with Crippen LogP contribution in [0.1, 0.15) is 34.1 Å². The molecule has 5 heteroatoms. The summed E-state index contributed by atoms with van der Waals surface area (Å²) in [7, 11) is 0. The van der Waals surface area contributed by atoms with Gasteiger partial charge in [-0.1, -0.05) is 27.7 Å². The van der Waals surface area contributed by atoms with Crippen LogP contribution in [0.3, 0.4) is 0 Å². The number of aromatic nitrogens is 1. The van der Waals surface area contributed by atoms with E-state index in [-0.39, 0.29) is 12.1 Å². The van der Waals surface area contributed by atoms with Crippen LogP contribution >= 0.6 is 0 Å². The zero-order valence-corrected chi connectivity index (χ0v) is 16.4. The predicted octanol–water partition coefficient (Wildman–Crippen LogP) is 4.58. The molecule has 3 rings (SSSR count). The van der Waals surface area contributed by atoms with Crippen molar-refractivity contribution in [3.8, 4) is 0 Å². The Morgan fingerprint density at radius 1 is 1.23 bits per heavy atom. The third kappa shape index (κ3) is 4.39. The molecule has 1 atom stereocenters. The smallest absolute Gasteiger partial charge is 0.322 e. The van der Waals surface area contributed by atoms with E-state index in [4.69, 9.17) is 4.74 Å². The van der Waals surface area contributed by atoms with Crippen LogP contribution in [0, 0.1) is 11.8 Å². The fraction of sp³-hybridized carbons (Fsp3) is 0.571. The molecular formula is C21H31N3O2. The predicted molar refractivity (Wildman–Crippen MR) is 107 cm³/mol. The van der Waals surface area contributed by atoms with Crippen LogP contribution in [0.25, 0.3) is 10.9 Å². The Morgan fingerprint density at radius 2 is 2.04 bits per heavy atom. The number of nitrogens with zero attached hydrogens (tertiary/aromatic N) is 2. The Kier molecular flexibility index (Phi) is 5.87. The van der Waals surface area contributed by atoms with Crippen LogP contribution in [0.15, 0.2) is 30.5 Å². The summed E-state index contributed by atoms with van der Waals surface area (Å²) in [6.07, 6.45) is 3.08. The first kappa shape index (κ1) is 18.8. The quantitative estimate of drug-likeness (QED) is 0.851. The Balaban J connectivity index is 1.72. The first-order valence-electron chi connectivity index (χ1n) is 9.68. The number of nitrogens with one attached hydrogen (secondary N) is 1. The van der Waals surface area contributed by atoms with Crippen molar-refractivity contribution in [3.63, 3.8) is 0 Å². The highest BCUT2D eigenvalue weighted by Gasteiger charge is 2.27. The van der Waals surface area contributed by atoms with Crippen molar-refractivity contribution in [3.05, 3.63) is 30.5 Å². The van der Waals surface area contributed by atoms with Gasteiger partial charge in [0.1, 0.15) is 0 Å². The maximum absolute atomic E-state index is 12.8. The molecule has 1 aromatic heterocycles. The molecule has 1 aromatic carbocycles. The van der Waals surface area contributed by atoms with Gasteiger partial charge in [-0.05, 0) is 42.5 Å². The summed E-state index contributed by atoms with van der Waals surface area (Å²) < 4.78 is 7.85. The summed E-state index contributed by atoms with van der Waals surface area (Å²) in [5.41, 5.74) is 2.06. The molecule has 0 radical (unpaired) electrons. The number of ether oxygens (including phenoxy) is 1. The van der Waals surface area contributed by atoms with E-state index in [1.165, 1.54) is 5.52 Å². The second-order valence-corrected chi connectivity index (χ2v) is 8.12. The van der Waals surface area contributed by atoms with Crippen molar-refractivity contribution in [1.29, 1.82) is 0 Å². The topological polar surface area (TPSA) is 46.5 Å². The molecule has 1 N–H and O–H groups in total. The Labute approximate surface area is 156 Å². The monoisotopic (exact) mass is 357 g/mol. The first-order valence-corrected chi connectivity index (χ1v) is 9.68. The third-order valence-corrected chi connectivity index (χ3v) is 4.82. The zero-order chi connectivity index (χ0) is 18.7. The zero-order valence-electron chi connectivity index (χ0n) is 16.4. The van der Waals surface area contributed by atoms with Gasteiger partial charge in [-0.3, -0.25) is 0 Å². The fourth-order valence-electron chi connectivity index (χ4n) is 3.69. The standard InChI is InChI=1S/C21H31N3O2/c1-15(2)11-19-14-26-10-9-24(19)21(25)22-18-5-6-20-17(12-18)7-8-23(20)13-16(3)4/h5-8,12,15-16,19H,9-11,13-14H2,1-4H3,(H,22,25). The molecule has 2 aromatic rings. The highest BCUT2D eigenvalue weighted by molar-refractivity contribution is 5.93. The summed E-state index contributed by atoms with van der Waals surface area (Å²) in [6.45, 7) is 11.7. The highest BCUT2D eigenvalue weighted by atomic mass is 16.5. The van der Waals surface area contributed by atoms with Crippen molar-refractivity contribution >= 4 is 22.6 Å². The average Bonchev–Trinajstić information content (AvgIpc) is 2.96. The third-order valence-electron chi connectivity index (χ3n) is 4.82. The van der Waals surface area contributed by atoms with Gasteiger partial charge in [0.2, 0.25) is 0 Å². The number of benzene rings is 1. The molecule has 1 unspecified atom stereocenters. The van der Waals surface area contributed by atoms with E-state index < -0.39 is 0 Å². The van der Waals surface area contributed by atoms with Gasteiger partial charge in [-0.2, -0.15) is 0 Å².